The molecular weight excluding hydrogens is 370 g/mol. The van der Waals surface area contributed by atoms with Gasteiger partial charge >= 0.3 is 0 Å². The number of rotatable bonds is 5. The van der Waals surface area contributed by atoms with Gasteiger partial charge in [0.2, 0.25) is 5.91 Å². The number of hydrogen-bond donors (Lipinski definition) is 1. The molecule has 2 aromatic carbocycles. The Hall–Kier alpha value is -3.44. The third-order valence-electron chi connectivity index (χ3n) is 5.03. The summed E-state index contributed by atoms with van der Waals surface area (Å²) in [6.07, 6.45) is 0.878. The van der Waals surface area contributed by atoms with Gasteiger partial charge in [0.05, 0.1) is 28.4 Å². The highest BCUT2D eigenvalue weighted by Crippen LogP contribution is 2.23. The molecule has 8 nitrogen and oxygen atoms in total. The first-order valence-electron chi connectivity index (χ1n) is 9.49. The maximum atomic E-state index is 12.5. The summed E-state index contributed by atoms with van der Waals surface area (Å²) in [5.41, 5.74) is 2.77. The lowest BCUT2D eigenvalue weighted by molar-refractivity contribution is -0.384. The van der Waals surface area contributed by atoms with Crippen LogP contribution in [0.5, 0.6) is 0 Å². The van der Waals surface area contributed by atoms with Crippen LogP contribution in [0.2, 0.25) is 0 Å². The zero-order valence-corrected chi connectivity index (χ0v) is 16.3. The van der Waals surface area contributed by atoms with E-state index in [4.69, 9.17) is 0 Å². The van der Waals surface area contributed by atoms with Crippen molar-refractivity contribution in [2.45, 2.75) is 13.3 Å². The standard InChI is InChI=1S/C21H23N5O3/c1-16-7-8-18(26(28)29)13-19(16)23-21(27)15-24-9-4-10-25(12-11-24)20-6-3-2-5-17(20)14-22/h2-3,5-8,13H,4,9-12,15H2,1H3,(H,23,27). The minimum atomic E-state index is -0.475. The molecule has 1 heterocycles. The molecule has 1 aliphatic rings. The molecule has 0 saturated carbocycles. The number of nitro benzene ring substituents is 1. The third-order valence-corrected chi connectivity index (χ3v) is 5.03. The van der Waals surface area contributed by atoms with Crippen LogP contribution < -0.4 is 10.2 Å². The van der Waals surface area contributed by atoms with Gasteiger partial charge in [0, 0.05) is 38.3 Å². The molecular formula is C21H23N5O3. The molecule has 1 saturated heterocycles. The lowest BCUT2D eigenvalue weighted by Crippen LogP contribution is -2.36. The van der Waals surface area contributed by atoms with E-state index in [0.29, 0.717) is 17.8 Å². The predicted octanol–water partition coefficient (Wildman–Crippen LogP) is 2.93. The van der Waals surface area contributed by atoms with Crippen molar-refractivity contribution in [1.29, 1.82) is 5.26 Å². The number of anilines is 2. The highest BCUT2D eigenvalue weighted by molar-refractivity contribution is 5.93. The van der Waals surface area contributed by atoms with E-state index in [9.17, 15) is 20.2 Å². The van der Waals surface area contributed by atoms with E-state index < -0.39 is 4.92 Å². The average molecular weight is 393 g/mol. The van der Waals surface area contributed by atoms with Gasteiger partial charge in [0.25, 0.3) is 5.69 Å². The van der Waals surface area contributed by atoms with E-state index in [1.807, 2.05) is 24.3 Å². The summed E-state index contributed by atoms with van der Waals surface area (Å²) < 4.78 is 0. The van der Waals surface area contributed by atoms with Crippen LogP contribution in [0.4, 0.5) is 17.1 Å². The number of aryl methyl sites for hydroxylation is 1. The van der Waals surface area contributed by atoms with Gasteiger partial charge in [-0.05, 0) is 31.0 Å². The molecule has 1 aliphatic heterocycles. The average Bonchev–Trinajstić information content (AvgIpc) is 2.94. The van der Waals surface area contributed by atoms with Gasteiger partial charge < -0.3 is 10.2 Å². The Kier molecular flexibility index (Phi) is 6.42. The third kappa shape index (κ3) is 5.09. The maximum Gasteiger partial charge on any atom is 0.271 e. The summed E-state index contributed by atoms with van der Waals surface area (Å²) in [7, 11) is 0. The molecule has 2 aromatic rings. The molecule has 1 fully saturated rings. The molecule has 0 bridgehead atoms. The molecule has 0 aromatic heterocycles. The highest BCUT2D eigenvalue weighted by Gasteiger charge is 2.19. The summed E-state index contributed by atoms with van der Waals surface area (Å²) in [5.74, 6) is -0.195. The number of carbonyl (C=O) groups excluding carboxylic acids is 1. The Labute approximate surface area is 169 Å². The van der Waals surface area contributed by atoms with Gasteiger partial charge in [-0.15, -0.1) is 0 Å². The molecule has 0 aliphatic carbocycles. The number of nitrogens with one attached hydrogen (secondary N) is 1. The normalized spacial score (nSPS) is 14.7. The van der Waals surface area contributed by atoms with E-state index in [0.717, 1.165) is 37.3 Å². The molecule has 29 heavy (non-hydrogen) atoms. The van der Waals surface area contributed by atoms with Crippen LogP contribution in [0, 0.1) is 28.4 Å². The number of nitrogens with zero attached hydrogens (tertiary/aromatic N) is 4. The van der Waals surface area contributed by atoms with Crippen molar-refractivity contribution in [2.24, 2.45) is 0 Å². The summed E-state index contributed by atoms with van der Waals surface area (Å²) in [4.78, 5) is 27.2. The minimum Gasteiger partial charge on any atom is -0.369 e. The van der Waals surface area contributed by atoms with Crippen LogP contribution in [-0.4, -0.2) is 48.5 Å². The van der Waals surface area contributed by atoms with E-state index in [2.05, 4.69) is 21.2 Å². The van der Waals surface area contributed by atoms with Crippen molar-refractivity contribution in [1.82, 2.24) is 4.90 Å². The SMILES string of the molecule is Cc1ccc([N+](=O)[O-])cc1NC(=O)CN1CCCN(c2ccccc2C#N)CC1. The number of amides is 1. The number of carbonyl (C=O) groups is 1. The zero-order chi connectivity index (χ0) is 20.8. The molecule has 1 amide bonds. The second kappa shape index (κ2) is 9.17. The van der Waals surface area contributed by atoms with Crippen molar-refractivity contribution in [3.8, 4) is 6.07 Å². The highest BCUT2D eigenvalue weighted by atomic mass is 16.6. The van der Waals surface area contributed by atoms with Crippen LogP contribution >= 0.6 is 0 Å². The monoisotopic (exact) mass is 393 g/mol. The first kappa shape index (κ1) is 20.3. The Morgan fingerprint density at radius 2 is 2.00 bits per heavy atom. The summed E-state index contributed by atoms with van der Waals surface area (Å²) in [6.45, 7) is 5.03. The fourth-order valence-corrected chi connectivity index (χ4v) is 3.46. The van der Waals surface area contributed by atoms with Crippen molar-refractivity contribution in [3.05, 3.63) is 63.7 Å². The number of nitro groups is 1. The first-order chi connectivity index (χ1) is 14.0. The number of para-hydroxylation sites is 1. The van der Waals surface area contributed by atoms with Crippen molar-refractivity contribution in [3.63, 3.8) is 0 Å². The van der Waals surface area contributed by atoms with E-state index in [1.165, 1.54) is 12.1 Å². The second-order valence-electron chi connectivity index (χ2n) is 7.05. The molecule has 1 N–H and O–H groups in total. The van der Waals surface area contributed by atoms with Gasteiger partial charge in [0.1, 0.15) is 6.07 Å². The van der Waals surface area contributed by atoms with Crippen LogP contribution in [0.15, 0.2) is 42.5 Å². The summed E-state index contributed by atoms with van der Waals surface area (Å²) in [6, 6.07) is 14.2. The molecule has 0 atom stereocenters. The number of benzene rings is 2. The Bertz CT molecular complexity index is 954. The van der Waals surface area contributed by atoms with Crippen LogP contribution in [-0.2, 0) is 4.79 Å². The van der Waals surface area contributed by atoms with Crippen molar-refractivity contribution in [2.75, 3.05) is 42.9 Å². The van der Waals surface area contributed by atoms with E-state index >= 15 is 0 Å². The maximum absolute atomic E-state index is 12.5. The van der Waals surface area contributed by atoms with E-state index in [-0.39, 0.29) is 18.1 Å². The smallest absolute Gasteiger partial charge is 0.271 e. The quantitative estimate of drug-likeness (QED) is 0.619. The van der Waals surface area contributed by atoms with Crippen LogP contribution in [0.3, 0.4) is 0 Å². The lowest BCUT2D eigenvalue weighted by Gasteiger charge is -2.24. The number of nitriles is 1. The van der Waals surface area contributed by atoms with Crippen LogP contribution in [0.1, 0.15) is 17.5 Å². The number of hydrogen-bond acceptors (Lipinski definition) is 6. The van der Waals surface area contributed by atoms with Crippen molar-refractivity contribution < 1.29 is 9.72 Å². The molecule has 0 radical (unpaired) electrons. The second-order valence-corrected chi connectivity index (χ2v) is 7.05. The van der Waals surface area contributed by atoms with Gasteiger partial charge in [-0.2, -0.15) is 5.26 Å². The minimum absolute atomic E-state index is 0.0486. The largest absolute Gasteiger partial charge is 0.369 e. The topological polar surface area (TPSA) is 103 Å². The number of non-ortho nitro benzene ring substituents is 1. The first-order valence-corrected chi connectivity index (χ1v) is 9.49. The molecule has 8 heteroatoms. The Balaban J connectivity index is 1.60. The van der Waals surface area contributed by atoms with Crippen molar-refractivity contribution >= 4 is 23.0 Å². The lowest BCUT2D eigenvalue weighted by atomic mass is 10.1. The Morgan fingerprint density at radius 1 is 1.21 bits per heavy atom. The fraction of sp³-hybridized carbons (Fsp3) is 0.333. The van der Waals surface area contributed by atoms with Gasteiger partial charge in [-0.3, -0.25) is 19.8 Å². The molecule has 150 valence electrons. The van der Waals surface area contributed by atoms with Gasteiger partial charge in [-0.25, -0.2) is 0 Å². The molecule has 0 unspecified atom stereocenters. The Morgan fingerprint density at radius 3 is 2.76 bits per heavy atom. The fourth-order valence-electron chi connectivity index (χ4n) is 3.46. The zero-order valence-electron chi connectivity index (χ0n) is 16.3. The summed E-state index contributed by atoms with van der Waals surface area (Å²) in [5, 5.41) is 23.1. The predicted molar refractivity (Wildman–Crippen MR) is 111 cm³/mol. The van der Waals surface area contributed by atoms with Crippen LogP contribution in [0.25, 0.3) is 0 Å². The molecule has 0 spiro atoms. The summed E-state index contributed by atoms with van der Waals surface area (Å²) >= 11 is 0. The van der Waals surface area contributed by atoms with Gasteiger partial charge in [0.15, 0.2) is 0 Å². The molecule has 3 rings (SSSR count). The van der Waals surface area contributed by atoms with E-state index in [1.54, 1.807) is 13.0 Å². The van der Waals surface area contributed by atoms with Gasteiger partial charge in [-0.1, -0.05) is 18.2 Å².